The summed E-state index contributed by atoms with van der Waals surface area (Å²) in [5, 5.41) is 5.98. The van der Waals surface area contributed by atoms with Gasteiger partial charge in [-0.2, -0.15) is 13.2 Å². The zero-order valence-corrected chi connectivity index (χ0v) is 21.2. The fourth-order valence-electron chi connectivity index (χ4n) is 4.22. The van der Waals surface area contributed by atoms with Crippen molar-refractivity contribution in [3.63, 3.8) is 0 Å². The summed E-state index contributed by atoms with van der Waals surface area (Å²) in [6.07, 6.45) is -2.75. The summed E-state index contributed by atoms with van der Waals surface area (Å²) in [7, 11) is -1.74. The van der Waals surface area contributed by atoms with Gasteiger partial charge < -0.3 is 10.6 Å². The third kappa shape index (κ3) is 6.97. The molecule has 0 radical (unpaired) electrons. The average molecular weight is 532 g/mol. The normalized spacial score (nSPS) is 17.4. The lowest BCUT2D eigenvalue weighted by molar-refractivity contribution is -0.138. The minimum atomic E-state index is -4.63. The molecule has 1 aliphatic heterocycles. The SMILES string of the molecule is CCS(=O)(=O)c1ccc(Cl)cc1CNC(=O)c1ccc(CN2CCCC(NC)C2)c(C(F)(F)F)c1. The molecular formula is C24H29ClF3N3O3S. The Bertz CT molecular complexity index is 1170. The van der Waals surface area contributed by atoms with E-state index in [4.69, 9.17) is 11.6 Å². The van der Waals surface area contributed by atoms with Crippen LogP contribution in [0.1, 0.15) is 46.8 Å². The molecule has 2 aromatic rings. The number of hydrogen-bond donors (Lipinski definition) is 2. The van der Waals surface area contributed by atoms with Gasteiger partial charge in [0.1, 0.15) is 0 Å². The number of carbonyl (C=O) groups excluding carboxylic acids is 1. The number of hydrogen-bond acceptors (Lipinski definition) is 5. The molecule has 1 unspecified atom stereocenters. The molecule has 0 aromatic heterocycles. The van der Waals surface area contributed by atoms with Crippen molar-refractivity contribution in [3.8, 4) is 0 Å². The minimum absolute atomic E-state index is 0.0254. The maximum atomic E-state index is 13.9. The number of carbonyl (C=O) groups is 1. The molecule has 35 heavy (non-hydrogen) atoms. The van der Waals surface area contributed by atoms with Crippen LogP contribution >= 0.6 is 11.6 Å². The highest BCUT2D eigenvalue weighted by atomic mass is 35.5. The minimum Gasteiger partial charge on any atom is -0.348 e. The van der Waals surface area contributed by atoms with Gasteiger partial charge in [0.2, 0.25) is 0 Å². The van der Waals surface area contributed by atoms with E-state index in [0.717, 1.165) is 18.9 Å². The highest BCUT2D eigenvalue weighted by molar-refractivity contribution is 7.91. The van der Waals surface area contributed by atoms with Crippen LogP contribution in [0.4, 0.5) is 13.2 Å². The number of piperidine rings is 1. The molecule has 1 atom stereocenters. The molecule has 3 rings (SSSR count). The van der Waals surface area contributed by atoms with Crippen LogP contribution in [0.15, 0.2) is 41.3 Å². The number of likely N-dealkylation sites (N-methyl/N-ethyl adjacent to an activating group) is 1. The van der Waals surface area contributed by atoms with Crippen molar-refractivity contribution < 1.29 is 26.4 Å². The first kappa shape index (κ1) is 27.4. The highest BCUT2D eigenvalue weighted by Gasteiger charge is 2.35. The number of benzene rings is 2. The number of rotatable bonds is 8. The zero-order chi connectivity index (χ0) is 25.8. The van der Waals surface area contributed by atoms with Gasteiger partial charge in [-0.1, -0.05) is 24.6 Å². The molecule has 0 bridgehead atoms. The predicted octanol–water partition coefficient (Wildman–Crippen LogP) is 4.27. The second kappa shape index (κ2) is 11.3. The number of amides is 1. The van der Waals surface area contributed by atoms with Gasteiger partial charge in [-0.15, -0.1) is 0 Å². The summed E-state index contributed by atoms with van der Waals surface area (Å²) in [5.74, 6) is -0.881. The summed E-state index contributed by atoms with van der Waals surface area (Å²) in [5.41, 5.74) is -0.634. The van der Waals surface area contributed by atoms with E-state index < -0.39 is 27.5 Å². The van der Waals surface area contributed by atoms with Crippen LogP contribution in [-0.2, 0) is 29.1 Å². The number of alkyl halides is 3. The molecule has 1 heterocycles. The largest absolute Gasteiger partial charge is 0.416 e. The van der Waals surface area contributed by atoms with E-state index in [1.807, 2.05) is 11.9 Å². The number of sulfone groups is 1. The molecule has 192 valence electrons. The monoisotopic (exact) mass is 531 g/mol. The molecular weight excluding hydrogens is 503 g/mol. The molecule has 1 fully saturated rings. The molecule has 11 heteroatoms. The molecule has 6 nitrogen and oxygen atoms in total. The molecule has 1 saturated heterocycles. The van der Waals surface area contributed by atoms with Gasteiger partial charge >= 0.3 is 6.18 Å². The van der Waals surface area contributed by atoms with E-state index in [9.17, 15) is 26.4 Å². The summed E-state index contributed by atoms with van der Waals surface area (Å²) in [6, 6.07) is 8.01. The maximum absolute atomic E-state index is 13.9. The Morgan fingerprint density at radius 2 is 1.91 bits per heavy atom. The van der Waals surface area contributed by atoms with Crippen molar-refractivity contribution in [2.24, 2.45) is 0 Å². The Morgan fingerprint density at radius 3 is 2.57 bits per heavy atom. The van der Waals surface area contributed by atoms with Crippen molar-refractivity contribution in [3.05, 3.63) is 63.7 Å². The van der Waals surface area contributed by atoms with E-state index in [2.05, 4.69) is 10.6 Å². The first-order chi connectivity index (χ1) is 16.4. The predicted molar refractivity (Wildman–Crippen MR) is 129 cm³/mol. The fraction of sp³-hybridized carbons (Fsp3) is 0.458. The highest BCUT2D eigenvalue weighted by Crippen LogP contribution is 2.34. The summed E-state index contributed by atoms with van der Waals surface area (Å²) >= 11 is 5.99. The smallest absolute Gasteiger partial charge is 0.348 e. The van der Waals surface area contributed by atoms with Gasteiger partial charge in [0.25, 0.3) is 5.91 Å². The lowest BCUT2D eigenvalue weighted by atomic mass is 10.00. The summed E-state index contributed by atoms with van der Waals surface area (Å²) in [4.78, 5) is 14.7. The number of halogens is 4. The molecule has 2 aromatic carbocycles. The van der Waals surface area contributed by atoms with Crippen LogP contribution in [0.5, 0.6) is 0 Å². The van der Waals surface area contributed by atoms with Crippen molar-refractivity contribution in [1.29, 1.82) is 0 Å². The Morgan fingerprint density at radius 1 is 1.17 bits per heavy atom. The molecule has 1 aliphatic rings. The quantitative estimate of drug-likeness (QED) is 0.532. The van der Waals surface area contributed by atoms with E-state index in [1.165, 1.54) is 37.3 Å². The van der Waals surface area contributed by atoms with Crippen molar-refractivity contribution in [2.45, 2.75) is 50.0 Å². The first-order valence-corrected chi connectivity index (χ1v) is 13.4. The zero-order valence-electron chi connectivity index (χ0n) is 19.6. The summed E-state index contributed by atoms with van der Waals surface area (Å²) in [6.45, 7) is 2.79. The average Bonchev–Trinajstić information content (AvgIpc) is 2.82. The number of nitrogens with one attached hydrogen (secondary N) is 2. The van der Waals surface area contributed by atoms with Crippen LogP contribution in [-0.4, -0.2) is 51.2 Å². The van der Waals surface area contributed by atoms with Crippen LogP contribution < -0.4 is 10.6 Å². The molecule has 0 aliphatic carbocycles. The van der Waals surface area contributed by atoms with Crippen LogP contribution in [0.25, 0.3) is 0 Å². The Hall–Kier alpha value is -2.14. The molecule has 0 spiro atoms. The lowest BCUT2D eigenvalue weighted by Gasteiger charge is -2.33. The van der Waals surface area contributed by atoms with Crippen LogP contribution in [0, 0.1) is 0 Å². The molecule has 1 amide bonds. The van der Waals surface area contributed by atoms with Crippen molar-refractivity contribution in [1.82, 2.24) is 15.5 Å². The number of nitrogens with zero attached hydrogens (tertiary/aromatic N) is 1. The molecule has 2 N–H and O–H groups in total. The third-order valence-corrected chi connectivity index (χ3v) is 8.23. The second-order valence-electron chi connectivity index (χ2n) is 8.57. The van der Waals surface area contributed by atoms with Crippen molar-refractivity contribution >= 4 is 27.3 Å². The van der Waals surface area contributed by atoms with Crippen LogP contribution in [0.3, 0.4) is 0 Å². The van der Waals surface area contributed by atoms with E-state index in [-0.39, 0.29) is 51.5 Å². The van der Waals surface area contributed by atoms with Gasteiger partial charge in [-0.25, -0.2) is 8.42 Å². The van der Waals surface area contributed by atoms with Gasteiger partial charge in [-0.05, 0) is 67.9 Å². The third-order valence-electron chi connectivity index (χ3n) is 6.16. The molecule has 0 saturated carbocycles. The van der Waals surface area contributed by atoms with E-state index in [1.54, 1.807) is 0 Å². The fourth-order valence-corrected chi connectivity index (χ4v) is 5.53. The Labute approximate surface area is 208 Å². The Balaban J connectivity index is 1.81. The van der Waals surface area contributed by atoms with E-state index in [0.29, 0.717) is 13.1 Å². The number of likely N-dealkylation sites (tertiary alicyclic amines) is 1. The van der Waals surface area contributed by atoms with Gasteiger partial charge in [0.05, 0.1) is 16.2 Å². The van der Waals surface area contributed by atoms with E-state index >= 15 is 0 Å². The topological polar surface area (TPSA) is 78.5 Å². The first-order valence-electron chi connectivity index (χ1n) is 11.3. The lowest BCUT2D eigenvalue weighted by Crippen LogP contribution is -2.44. The second-order valence-corrected chi connectivity index (χ2v) is 11.3. The van der Waals surface area contributed by atoms with Crippen molar-refractivity contribution in [2.75, 3.05) is 25.9 Å². The standard InChI is InChI=1S/C24H29ClF3N3O3S/c1-3-35(33,34)22-9-8-19(25)11-18(22)13-30-23(32)16-6-7-17(21(12-16)24(26,27)28)14-31-10-4-5-20(15-31)29-2/h6-9,11-12,20,29H,3-5,10,13-15H2,1-2H3,(H,30,32). The van der Waals surface area contributed by atoms with Gasteiger partial charge in [0.15, 0.2) is 9.84 Å². The van der Waals surface area contributed by atoms with Gasteiger partial charge in [-0.3, -0.25) is 9.69 Å². The summed E-state index contributed by atoms with van der Waals surface area (Å²) < 4.78 is 66.3. The Kier molecular flexibility index (Phi) is 8.85. The van der Waals surface area contributed by atoms with Crippen LogP contribution in [0.2, 0.25) is 5.02 Å². The maximum Gasteiger partial charge on any atom is 0.416 e. The van der Waals surface area contributed by atoms with Gasteiger partial charge in [0, 0.05) is 36.3 Å².